The second-order valence-electron chi connectivity index (χ2n) is 4.69. The Morgan fingerprint density at radius 2 is 1.90 bits per heavy atom. The quantitative estimate of drug-likeness (QED) is 0.744. The average Bonchev–Trinajstić information content (AvgIpc) is 2.40. The molecule has 0 unspecified atom stereocenters. The molecule has 0 aliphatic heterocycles. The maximum atomic E-state index is 12.0. The molecular formula is C15H24Cl2N2O. The van der Waals surface area contributed by atoms with Gasteiger partial charge in [-0.05, 0) is 24.1 Å². The maximum Gasteiger partial charge on any atom is 0.224 e. The summed E-state index contributed by atoms with van der Waals surface area (Å²) in [5.74, 6) is 0.133. The number of hydrogen-bond donors (Lipinski definition) is 1. The number of nitrogens with zero attached hydrogens (tertiary/aromatic N) is 1. The number of carbonyl (C=O) groups is 1. The van der Waals surface area contributed by atoms with Crippen molar-refractivity contribution >= 4 is 29.9 Å². The zero-order valence-electron chi connectivity index (χ0n) is 12.0. The smallest absolute Gasteiger partial charge is 0.224 e. The van der Waals surface area contributed by atoms with Crippen molar-refractivity contribution in [2.24, 2.45) is 5.73 Å². The highest BCUT2D eigenvalue weighted by molar-refractivity contribution is 6.30. The van der Waals surface area contributed by atoms with E-state index in [1.165, 1.54) is 0 Å². The van der Waals surface area contributed by atoms with E-state index in [1.54, 1.807) is 0 Å². The van der Waals surface area contributed by atoms with Crippen molar-refractivity contribution in [3.63, 3.8) is 0 Å². The Hall–Kier alpha value is -0.770. The van der Waals surface area contributed by atoms with Gasteiger partial charge in [0, 0.05) is 31.1 Å². The van der Waals surface area contributed by atoms with E-state index < -0.39 is 0 Å². The van der Waals surface area contributed by atoms with Crippen LogP contribution in [0.2, 0.25) is 5.02 Å². The third-order valence-electron chi connectivity index (χ3n) is 3.03. The van der Waals surface area contributed by atoms with Crippen LogP contribution in [0.3, 0.4) is 0 Å². The van der Waals surface area contributed by atoms with Crippen molar-refractivity contribution in [2.45, 2.75) is 39.2 Å². The Morgan fingerprint density at radius 3 is 2.45 bits per heavy atom. The van der Waals surface area contributed by atoms with Crippen LogP contribution in [0, 0.1) is 0 Å². The van der Waals surface area contributed by atoms with Gasteiger partial charge >= 0.3 is 0 Å². The summed E-state index contributed by atoms with van der Waals surface area (Å²) in [6, 6.07) is 7.64. The Bertz CT molecular complexity index is 382. The number of nitrogens with two attached hydrogens (primary N) is 1. The van der Waals surface area contributed by atoms with E-state index in [4.69, 9.17) is 17.3 Å². The van der Waals surface area contributed by atoms with Gasteiger partial charge < -0.3 is 10.6 Å². The molecule has 0 heterocycles. The highest BCUT2D eigenvalue weighted by Gasteiger charge is 2.12. The lowest BCUT2D eigenvalue weighted by atomic mass is 10.2. The van der Waals surface area contributed by atoms with Crippen molar-refractivity contribution in [3.05, 3.63) is 34.9 Å². The molecule has 114 valence electrons. The minimum absolute atomic E-state index is 0. The lowest BCUT2D eigenvalue weighted by Crippen LogP contribution is -2.32. The monoisotopic (exact) mass is 318 g/mol. The molecule has 1 aromatic rings. The second-order valence-corrected chi connectivity index (χ2v) is 5.12. The second kappa shape index (κ2) is 11.0. The zero-order chi connectivity index (χ0) is 14.1. The normalized spacial score (nSPS) is 9.95. The molecule has 0 bridgehead atoms. The van der Waals surface area contributed by atoms with Gasteiger partial charge in [0.05, 0.1) is 0 Å². The molecule has 1 amide bonds. The molecule has 1 rings (SSSR count). The number of amides is 1. The standard InChI is InChI=1S/C15H23ClN2O.ClH/c1-2-3-4-11-18(15(19)9-10-17)12-13-5-7-14(16)8-6-13;/h5-8H,2-4,9-12,17H2,1H3;1H. The fourth-order valence-electron chi connectivity index (χ4n) is 1.94. The molecule has 2 N–H and O–H groups in total. The summed E-state index contributed by atoms with van der Waals surface area (Å²) < 4.78 is 0. The molecule has 0 aliphatic carbocycles. The summed E-state index contributed by atoms with van der Waals surface area (Å²) >= 11 is 5.87. The number of benzene rings is 1. The molecule has 0 saturated carbocycles. The van der Waals surface area contributed by atoms with Crippen molar-refractivity contribution in [1.82, 2.24) is 4.90 Å². The van der Waals surface area contributed by atoms with Gasteiger partial charge in [-0.1, -0.05) is 43.5 Å². The van der Waals surface area contributed by atoms with Crippen LogP contribution in [-0.2, 0) is 11.3 Å². The van der Waals surface area contributed by atoms with E-state index in [1.807, 2.05) is 29.2 Å². The Labute approximate surface area is 132 Å². The van der Waals surface area contributed by atoms with Crippen molar-refractivity contribution < 1.29 is 4.79 Å². The van der Waals surface area contributed by atoms with Crippen LogP contribution in [0.15, 0.2) is 24.3 Å². The van der Waals surface area contributed by atoms with Crippen LogP contribution in [-0.4, -0.2) is 23.9 Å². The third kappa shape index (κ3) is 7.13. The van der Waals surface area contributed by atoms with Gasteiger partial charge in [-0.25, -0.2) is 0 Å². The highest BCUT2D eigenvalue weighted by atomic mass is 35.5. The first-order valence-electron chi connectivity index (χ1n) is 6.89. The van der Waals surface area contributed by atoms with Gasteiger partial charge in [0.15, 0.2) is 0 Å². The molecule has 0 radical (unpaired) electrons. The van der Waals surface area contributed by atoms with E-state index in [0.29, 0.717) is 19.5 Å². The number of hydrogen-bond acceptors (Lipinski definition) is 2. The van der Waals surface area contributed by atoms with Crippen molar-refractivity contribution in [2.75, 3.05) is 13.1 Å². The molecule has 0 atom stereocenters. The van der Waals surface area contributed by atoms with E-state index in [-0.39, 0.29) is 18.3 Å². The summed E-state index contributed by atoms with van der Waals surface area (Å²) in [5, 5.41) is 0.717. The maximum absolute atomic E-state index is 12.0. The summed E-state index contributed by atoms with van der Waals surface area (Å²) in [7, 11) is 0. The average molecular weight is 319 g/mol. The molecule has 0 spiro atoms. The molecular weight excluding hydrogens is 295 g/mol. The van der Waals surface area contributed by atoms with Crippen LogP contribution in [0.1, 0.15) is 38.2 Å². The lowest BCUT2D eigenvalue weighted by molar-refractivity contribution is -0.131. The van der Waals surface area contributed by atoms with Crippen LogP contribution < -0.4 is 5.73 Å². The first-order valence-corrected chi connectivity index (χ1v) is 7.27. The van der Waals surface area contributed by atoms with Gasteiger partial charge in [0.1, 0.15) is 0 Å². The fraction of sp³-hybridized carbons (Fsp3) is 0.533. The van der Waals surface area contributed by atoms with Crippen LogP contribution >= 0.6 is 24.0 Å². The van der Waals surface area contributed by atoms with E-state index in [0.717, 1.165) is 36.4 Å². The summed E-state index contributed by atoms with van der Waals surface area (Å²) in [4.78, 5) is 13.9. The number of rotatable bonds is 8. The molecule has 1 aromatic carbocycles. The first kappa shape index (κ1) is 19.2. The van der Waals surface area contributed by atoms with Gasteiger partial charge in [0.25, 0.3) is 0 Å². The highest BCUT2D eigenvalue weighted by Crippen LogP contribution is 2.13. The zero-order valence-corrected chi connectivity index (χ0v) is 13.6. The number of unbranched alkanes of at least 4 members (excludes halogenated alkanes) is 2. The van der Waals surface area contributed by atoms with Gasteiger partial charge in [-0.15, -0.1) is 12.4 Å². The fourth-order valence-corrected chi connectivity index (χ4v) is 2.06. The number of carbonyl (C=O) groups excluding carboxylic acids is 1. The minimum atomic E-state index is 0. The molecule has 20 heavy (non-hydrogen) atoms. The van der Waals surface area contributed by atoms with Gasteiger partial charge in [-0.2, -0.15) is 0 Å². The lowest BCUT2D eigenvalue weighted by Gasteiger charge is -2.22. The Kier molecular flexibility index (Phi) is 10.5. The van der Waals surface area contributed by atoms with Crippen LogP contribution in [0.4, 0.5) is 0 Å². The molecule has 0 saturated heterocycles. The largest absolute Gasteiger partial charge is 0.338 e. The number of halogens is 2. The topological polar surface area (TPSA) is 46.3 Å². The predicted molar refractivity (Wildman–Crippen MR) is 87.3 cm³/mol. The SMILES string of the molecule is CCCCCN(Cc1ccc(Cl)cc1)C(=O)CCN.Cl. The summed E-state index contributed by atoms with van der Waals surface area (Å²) in [6.07, 6.45) is 3.76. The summed E-state index contributed by atoms with van der Waals surface area (Å²) in [5.41, 5.74) is 6.57. The van der Waals surface area contributed by atoms with Crippen molar-refractivity contribution in [1.29, 1.82) is 0 Å². The Balaban J connectivity index is 0.00000361. The molecule has 0 aliphatic rings. The van der Waals surface area contributed by atoms with E-state index in [9.17, 15) is 4.79 Å². The Morgan fingerprint density at radius 1 is 1.25 bits per heavy atom. The van der Waals surface area contributed by atoms with Gasteiger partial charge in [-0.3, -0.25) is 4.79 Å². The molecule has 3 nitrogen and oxygen atoms in total. The summed E-state index contributed by atoms with van der Waals surface area (Å²) in [6.45, 7) is 4.00. The molecule has 0 aromatic heterocycles. The van der Waals surface area contributed by atoms with E-state index in [2.05, 4.69) is 6.92 Å². The molecule has 0 fully saturated rings. The first-order chi connectivity index (χ1) is 9.17. The van der Waals surface area contributed by atoms with Crippen molar-refractivity contribution in [3.8, 4) is 0 Å². The third-order valence-corrected chi connectivity index (χ3v) is 3.28. The van der Waals surface area contributed by atoms with E-state index >= 15 is 0 Å². The van der Waals surface area contributed by atoms with Gasteiger partial charge in [0.2, 0.25) is 5.91 Å². The van der Waals surface area contributed by atoms with Crippen LogP contribution in [0.5, 0.6) is 0 Å². The minimum Gasteiger partial charge on any atom is -0.338 e. The molecule has 5 heteroatoms. The predicted octanol–water partition coefficient (Wildman–Crippen LogP) is 3.63. The van der Waals surface area contributed by atoms with Crippen LogP contribution in [0.25, 0.3) is 0 Å².